The van der Waals surface area contributed by atoms with Crippen LogP contribution in [0, 0.1) is 17.6 Å². The fourth-order valence-corrected chi connectivity index (χ4v) is 2.72. The molecule has 1 fully saturated rings. The molecule has 0 aliphatic carbocycles. The van der Waals surface area contributed by atoms with Gasteiger partial charge in [-0.1, -0.05) is 0 Å². The molecule has 0 aromatic carbocycles. The normalized spacial score (nSPS) is 17.8. The van der Waals surface area contributed by atoms with Gasteiger partial charge in [0.1, 0.15) is 0 Å². The van der Waals surface area contributed by atoms with Crippen LogP contribution in [0.5, 0.6) is 0 Å². The monoisotopic (exact) mass is 295 g/mol. The summed E-state index contributed by atoms with van der Waals surface area (Å²) in [6, 6.07) is 0.431. The third-order valence-corrected chi connectivity index (χ3v) is 4.18. The highest BCUT2D eigenvalue weighted by Crippen LogP contribution is 2.20. The van der Waals surface area contributed by atoms with Crippen molar-refractivity contribution in [3.8, 4) is 0 Å². The highest BCUT2D eigenvalue weighted by Gasteiger charge is 2.26. The molecule has 2 rings (SSSR count). The second-order valence-electron chi connectivity index (χ2n) is 4.22. The Morgan fingerprint density at radius 3 is 2.21 bits per heavy atom. The highest BCUT2D eigenvalue weighted by atomic mass is 32.2. The third-order valence-electron chi connectivity index (χ3n) is 2.88. The van der Waals surface area contributed by atoms with E-state index < -0.39 is 27.6 Å². The molecule has 0 bridgehead atoms. The van der Waals surface area contributed by atoms with Gasteiger partial charge in [0, 0.05) is 32.2 Å². The van der Waals surface area contributed by atoms with E-state index in [1.54, 1.807) is 0 Å². The van der Waals surface area contributed by atoms with Crippen LogP contribution in [-0.2, 0) is 10.0 Å². The average Bonchev–Trinajstić information content (AvgIpc) is 2.33. The lowest BCUT2D eigenvalue weighted by Crippen LogP contribution is -2.48. The molecule has 19 heavy (non-hydrogen) atoms. The van der Waals surface area contributed by atoms with Gasteiger partial charge in [0.25, 0.3) is 5.95 Å². The first kappa shape index (κ1) is 14.1. The summed E-state index contributed by atoms with van der Waals surface area (Å²) in [6.45, 7) is 0.641. The van der Waals surface area contributed by atoms with Crippen LogP contribution < -0.4 is 4.90 Å². The molecule has 1 aromatic heterocycles. The van der Waals surface area contributed by atoms with Crippen LogP contribution in [0.25, 0.3) is 0 Å². The van der Waals surface area contributed by atoms with Crippen molar-refractivity contribution in [2.45, 2.75) is 0 Å². The maximum Gasteiger partial charge on any atom is 0.251 e. The first-order valence-electron chi connectivity index (χ1n) is 5.50. The molecule has 0 amide bonds. The molecule has 0 N–H and O–H groups in total. The smallest absolute Gasteiger partial charge is 0.251 e. The number of piperazine rings is 1. The van der Waals surface area contributed by atoms with Crippen LogP contribution in [0.2, 0.25) is 0 Å². The molecule has 0 radical (unpaired) electrons. The molecule has 1 saturated heterocycles. The summed E-state index contributed by atoms with van der Waals surface area (Å²) in [7, 11) is -3.30. The van der Waals surface area contributed by atoms with E-state index in [0.717, 1.165) is 6.26 Å². The van der Waals surface area contributed by atoms with E-state index in [9.17, 15) is 21.6 Å². The van der Waals surface area contributed by atoms with Crippen LogP contribution in [0.1, 0.15) is 0 Å². The highest BCUT2D eigenvalue weighted by molar-refractivity contribution is 7.88. The van der Waals surface area contributed by atoms with E-state index in [1.807, 2.05) is 0 Å². The maximum absolute atomic E-state index is 13.5. The van der Waals surface area contributed by atoms with Gasteiger partial charge in [-0.3, -0.25) is 0 Å². The quantitative estimate of drug-likeness (QED) is 0.749. The first-order chi connectivity index (χ1) is 8.79. The van der Waals surface area contributed by atoms with Crippen LogP contribution >= 0.6 is 0 Å². The zero-order chi connectivity index (χ0) is 14.2. The van der Waals surface area contributed by atoms with Crippen LogP contribution in [-0.4, -0.2) is 50.1 Å². The number of hydrogen-bond donors (Lipinski definition) is 0. The number of nitrogens with zero attached hydrogens (tertiary/aromatic N) is 3. The van der Waals surface area contributed by atoms with Gasteiger partial charge in [0.05, 0.1) is 6.26 Å². The molecule has 0 atom stereocenters. The van der Waals surface area contributed by atoms with Gasteiger partial charge in [-0.25, -0.2) is 17.2 Å². The van der Waals surface area contributed by atoms with E-state index >= 15 is 0 Å². The van der Waals surface area contributed by atoms with Crippen molar-refractivity contribution in [3.63, 3.8) is 0 Å². The van der Waals surface area contributed by atoms with Crippen molar-refractivity contribution in [2.24, 2.45) is 0 Å². The zero-order valence-electron chi connectivity index (χ0n) is 10.1. The number of sulfonamides is 1. The summed E-state index contributed by atoms with van der Waals surface area (Å²) in [5, 5.41) is 0. The minimum atomic E-state index is -3.30. The molecule has 1 aromatic rings. The minimum absolute atomic E-state index is 0.152. The van der Waals surface area contributed by atoms with Crippen molar-refractivity contribution < 1.29 is 21.6 Å². The zero-order valence-corrected chi connectivity index (χ0v) is 10.9. The van der Waals surface area contributed by atoms with Crippen molar-refractivity contribution >= 4 is 15.8 Å². The topological polar surface area (TPSA) is 53.5 Å². The Labute approximate surface area is 108 Å². The summed E-state index contributed by atoms with van der Waals surface area (Å²) in [6.07, 6.45) is 1.08. The Bertz CT molecular complexity index is 586. The number of hydrogen-bond acceptors (Lipinski definition) is 4. The van der Waals surface area contributed by atoms with Gasteiger partial charge < -0.3 is 4.90 Å². The van der Waals surface area contributed by atoms with E-state index in [2.05, 4.69) is 4.98 Å². The van der Waals surface area contributed by atoms with Crippen molar-refractivity contribution in [2.75, 3.05) is 37.3 Å². The van der Waals surface area contributed by atoms with Gasteiger partial charge in [-0.2, -0.15) is 13.7 Å². The van der Waals surface area contributed by atoms with Gasteiger partial charge in [0.15, 0.2) is 17.5 Å². The van der Waals surface area contributed by atoms with Gasteiger partial charge in [-0.15, -0.1) is 0 Å². The molecule has 2 heterocycles. The summed E-state index contributed by atoms with van der Waals surface area (Å²) < 4.78 is 63.1. The van der Waals surface area contributed by atoms with Crippen molar-refractivity contribution in [1.82, 2.24) is 9.29 Å². The molecule has 0 unspecified atom stereocenters. The molecular weight excluding hydrogens is 283 g/mol. The van der Waals surface area contributed by atoms with Crippen molar-refractivity contribution in [1.29, 1.82) is 0 Å². The van der Waals surface area contributed by atoms with E-state index in [1.165, 1.54) is 9.21 Å². The standard InChI is InChI=1S/C10H12F3N3O2S/c1-19(17,18)16-4-2-15(3-5-16)10-8(12)6-7(11)9(13)14-10/h6H,2-5H2,1H3. The largest absolute Gasteiger partial charge is 0.351 e. The summed E-state index contributed by atoms with van der Waals surface area (Å²) >= 11 is 0. The molecular formula is C10H12F3N3O2S. The third kappa shape index (κ3) is 2.98. The lowest BCUT2D eigenvalue weighted by atomic mass is 10.3. The molecule has 0 spiro atoms. The van der Waals surface area contributed by atoms with E-state index in [0.29, 0.717) is 6.07 Å². The summed E-state index contributed by atoms with van der Waals surface area (Å²) in [5.41, 5.74) is 0. The molecule has 1 aliphatic heterocycles. The number of anilines is 1. The molecule has 9 heteroatoms. The lowest BCUT2D eigenvalue weighted by Gasteiger charge is -2.34. The predicted molar refractivity (Wildman–Crippen MR) is 62.7 cm³/mol. The molecule has 0 saturated carbocycles. The van der Waals surface area contributed by atoms with Crippen LogP contribution in [0.4, 0.5) is 19.0 Å². The van der Waals surface area contributed by atoms with E-state index in [-0.39, 0.29) is 32.0 Å². The van der Waals surface area contributed by atoms with Crippen LogP contribution in [0.3, 0.4) is 0 Å². The molecule has 1 aliphatic rings. The second kappa shape index (κ2) is 4.97. The number of aromatic nitrogens is 1. The Morgan fingerprint density at radius 1 is 1.11 bits per heavy atom. The Balaban J connectivity index is 2.16. The lowest BCUT2D eigenvalue weighted by molar-refractivity contribution is 0.382. The average molecular weight is 295 g/mol. The van der Waals surface area contributed by atoms with Gasteiger partial charge in [-0.05, 0) is 0 Å². The van der Waals surface area contributed by atoms with Crippen LogP contribution in [0.15, 0.2) is 6.07 Å². The minimum Gasteiger partial charge on any atom is -0.351 e. The SMILES string of the molecule is CS(=O)(=O)N1CCN(c2nc(F)c(F)cc2F)CC1. The Kier molecular flexibility index (Phi) is 3.68. The van der Waals surface area contributed by atoms with Gasteiger partial charge in [0.2, 0.25) is 10.0 Å². The number of rotatable bonds is 2. The predicted octanol–water partition coefficient (Wildman–Crippen LogP) is 0.580. The molecule has 5 nitrogen and oxygen atoms in total. The summed E-state index contributed by atoms with van der Waals surface area (Å²) in [5.74, 6) is -3.99. The second-order valence-corrected chi connectivity index (χ2v) is 6.20. The first-order valence-corrected chi connectivity index (χ1v) is 7.35. The number of halogens is 3. The van der Waals surface area contributed by atoms with Gasteiger partial charge >= 0.3 is 0 Å². The molecule has 106 valence electrons. The summed E-state index contributed by atoms with van der Waals surface area (Å²) in [4.78, 5) is 4.61. The Hall–Kier alpha value is -1.35. The number of pyridine rings is 1. The van der Waals surface area contributed by atoms with Crippen molar-refractivity contribution in [3.05, 3.63) is 23.6 Å². The maximum atomic E-state index is 13.5. The fraction of sp³-hybridized carbons (Fsp3) is 0.500. The fourth-order valence-electron chi connectivity index (χ4n) is 1.89. The van der Waals surface area contributed by atoms with E-state index in [4.69, 9.17) is 0 Å². The Morgan fingerprint density at radius 2 is 1.68 bits per heavy atom.